The number of benzene rings is 1. The van der Waals surface area contributed by atoms with Crippen LogP contribution in [-0.4, -0.2) is 38.7 Å². The van der Waals surface area contributed by atoms with Crippen LogP contribution in [0.2, 0.25) is 0 Å². The maximum atomic E-state index is 11.8. The molecule has 116 valence electrons. The Morgan fingerprint density at radius 2 is 1.91 bits per heavy atom. The van der Waals surface area contributed by atoms with E-state index in [9.17, 15) is 4.79 Å². The Morgan fingerprint density at radius 1 is 1.05 bits per heavy atom. The second-order valence-electron chi connectivity index (χ2n) is 5.72. The van der Waals surface area contributed by atoms with Crippen LogP contribution in [0.15, 0.2) is 36.7 Å². The highest BCUT2D eigenvalue weighted by Gasteiger charge is 2.18. The van der Waals surface area contributed by atoms with Gasteiger partial charge in [0.25, 0.3) is 0 Å². The number of likely N-dealkylation sites (tertiary alicyclic amines) is 1. The monoisotopic (exact) mass is 298 g/mol. The molecule has 0 bridgehead atoms. The number of hydrogen-bond donors (Lipinski definition) is 0. The van der Waals surface area contributed by atoms with Crippen molar-refractivity contribution in [2.45, 2.75) is 38.6 Å². The highest BCUT2D eigenvalue weighted by molar-refractivity contribution is 5.76. The number of hydrogen-bond acceptors (Lipinski definition) is 3. The third-order valence-electron chi connectivity index (χ3n) is 4.18. The Kier molecular flexibility index (Phi) is 4.83. The first-order valence-electron chi connectivity index (χ1n) is 8.01. The molecule has 1 fully saturated rings. The maximum absolute atomic E-state index is 11.8. The molecule has 2 aromatic rings. The molecule has 0 unspecified atom stereocenters. The van der Waals surface area contributed by atoms with Crippen LogP contribution in [0.25, 0.3) is 0 Å². The first-order chi connectivity index (χ1) is 10.8. The molecule has 5 nitrogen and oxygen atoms in total. The van der Waals surface area contributed by atoms with Crippen LogP contribution in [0, 0.1) is 0 Å². The van der Waals surface area contributed by atoms with Gasteiger partial charge >= 0.3 is 0 Å². The van der Waals surface area contributed by atoms with Crippen LogP contribution in [0.5, 0.6) is 0 Å². The summed E-state index contributed by atoms with van der Waals surface area (Å²) >= 11 is 0. The lowest BCUT2D eigenvalue weighted by atomic mass is 10.1. The maximum Gasteiger partial charge on any atom is 0.222 e. The smallest absolute Gasteiger partial charge is 0.222 e. The summed E-state index contributed by atoms with van der Waals surface area (Å²) in [5.74, 6) is 1.25. The van der Waals surface area contributed by atoms with Crippen molar-refractivity contribution < 1.29 is 4.79 Å². The molecule has 2 heterocycles. The van der Waals surface area contributed by atoms with Gasteiger partial charge in [-0.1, -0.05) is 30.3 Å². The largest absolute Gasteiger partial charge is 0.342 e. The third-order valence-corrected chi connectivity index (χ3v) is 4.18. The number of carbonyl (C=O) groups is 1. The van der Waals surface area contributed by atoms with Gasteiger partial charge in [-0.25, -0.2) is 9.67 Å². The molecule has 0 N–H and O–H groups in total. The quantitative estimate of drug-likeness (QED) is 0.820. The minimum Gasteiger partial charge on any atom is -0.342 e. The van der Waals surface area contributed by atoms with Crippen molar-refractivity contribution in [1.82, 2.24) is 19.7 Å². The van der Waals surface area contributed by atoms with Crippen LogP contribution in [0.3, 0.4) is 0 Å². The summed E-state index contributed by atoms with van der Waals surface area (Å²) in [5.41, 5.74) is 1.30. The van der Waals surface area contributed by atoms with Crippen LogP contribution in [0.4, 0.5) is 0 Å². The van der Waals surface area contributed by atoms with Crippen molar-refractivity contribution in [3.63, 3.8) is 0 Å². The van der Waals surface area contributed by atoms with E-state index in [0.717, 1.165) is 51.1 Å². The summed E-state index contributed by atoms with van der Waals surface area (Å²) in [4.78, 5) is 18.1. The lowest BCUT2D eigenvalue weighted by Crippen LogP contribution is -2.37. The van der Waals surface area contributed by atoms with Gasteiger partial charge < -0.3 is 4.90 Å². The highest BCUT2D eigenvalue weighted by atomic mass is 16.2. The summed E-state index contributed by atoms with van der Waals surface area (Å²) in [7, 11) is 0. The average Bonchev–Trinajstić information content (AvgIpc) is 3.01. The summed E-state index contributed by atoms with van der Waals surface area (Å²) in [6.07, 6.45) is 6.18. The Bertz CT molecular complexity index is 608. The molecule has 5 heteroatoms. The standard InChI is InChI=1S/C17H22N4O/c22-17-8-4-5-11-20(17)12-10-16-18-14-19-21(16)13-9-15-6-2-1-3-7-15/h1-3,6-7,14H,4-5,8-13H2. The van der Waals surface area contributed by atoms with E-state index in [4.69, 9.17) is 0 Å². The van der Waals surface area contributed by atoms with E-state index < -0.39 is 0 Å². The van der Waals surface area contributed by atoms with Crippen molar-refractivity contribution in [1.29, 1.82) is 0 Å². The van der Waals surface area contributed by atoms with Crippen molar-refractivity contribution >= 4 is 5.91 Å². The summed E-state index contributed by atoms with van der Waals surface area (Å²) in [6.45, 7) is 2.47. The Hall–Kier alpha value is -2.17. The predicted molar refractivity (Wildman–Crippen MR) is 84.3 cm³/mol. The summed E-state index contributed by atoms with van der Waals surface area (Å²) < 4.78 is 1.96. The molecule has 0 radical (unpaired) electrons. The van der Waals surface area contributed by atoms with E-state index in [2.05, 4.69) is 34.3 Å². The van der Waals surface area contributed by atoms with Gasteiger partial charge in [0.1, 0.15) is 12.2 Å². The molecule has 0 spiro atoms. The van der Waals surface area contributed by atoms with E-state index in [1.54, 1.807) is 6.33 Å². The van der Waals surface area contributed by atoms with E-state index in [0.29, 0.717) is 6.42 Å². The minimum atomic E-state index is 0.279. The van der Waals surface area contributed by atoms with Crippen LogP contribution < -0.4 is 0 Å². The van der Waals surface area contributed by atoms with Crippen molar-refractivity contribution in [2.24, 2.45) is 0 Å². The topological polar surface area (TPSA) is 51.0 Å². The van der Waals surface area contributed by atoms with E-state index in [1.165, 1.54) is 5.56 Å². The van der Waals surface area contributed by atoms with Gasteiger partial charge in [-0.3, -0.25) is 4.79 Å². The molecule has 0 saturated carbocycles. The van der Waals surface area contributed by atoms with Crippen LogP contribution in [0.1, 0.15) is 30.7 Å². The molecule has 22 heavy (non-hydrogen) atoms. The fraction of sp³-hybridized carbons (Fsp3) is 0.471. The molecule has 1 aromatic heterocycles. The van der Waals surface area contributed by atoms with Crippen molar-refractivity contribution in [3.8, 4) is 0 Å². The molecule has 1 amide bonds. The second kappa shape index (κ2) is 7.20. The summed E-state index contributed by atoms with van der Waals surface area (Å²) in [5, 5.41) is 4.32. The number of amides is 1. The number of carbonyl (C=O) groups excluding carboxylic acids is 1. The fourth-order valence-corrected chi connectivity index (χ4v) is 2.88. The first kappa shape index (κ1) is 14.8. The van der Waals surface area contributed by atoms with Gasteiger partial charge in [-0.05, 0) is 24.8 Å². The molecule has 0 atom stereocenters. The zero-order valence-corrected chi connectivity index (χ0v) is 12.8. The molecule has 1 aliphatic rings. The lowest BCUT2D eigenvalue weighted by molar-refractivity contribution is -0.133. The molecule has 1 aliphatic heterocycles. The molecule has 0 aliphatic carbocycles. The van der Waals surface area contributed by atoms with Gasteiger partial charge in [0, 0.05) is 32.5 Å². The number of piperidine rings is 1. The molecule has 1 aromatic carbocycles. The second-order valence-corrected chi connectivity index (χ2v) is 5.72. The van der Waals surface area contributed by atoms with Gasteiger partial charge in [-0.2, -0.15) is 5.10 Å². The number of rotatable bonds is 6. The van der Waals surface area contributed by atoms with Gasteiger partial charge in [-0.15, -0.1) is 0 Å². The normalized spacial score (nSPS) is 15.3. The molecular weight excluding hydrogens is 276 g/mol. The Labute approximate surface area is 131 Å². The third kappa shape index (κ3) is 3.72. The zero-order valence-electron chi connectivity index (χ0n) is 12.8. The predicted octanol–water partition coefficient (Wildman–Crippen LogP) is 2.08. The van der Waals surface area contributed by atoms with E-state index >= 15 is 0 Å². The molecular formula is C17H22N4O. The van der Waals surface area contributed by atoms with Crippen molar-refractivity contribution in [2.75, 3.05) is 13.1 Å². The van der Waals surface area contributed by atoms with Crippen LogP contribution >= 0.6 is 0 Å². The first-order valence-corrected chi connectivity index (χ1v) is 8.01. The van der Waals surface area contributed by atoms with E-state index in [-0.39, 0.29) is 5.91 Å². The number of aryl methyl sites for hydroxylation is 2. The van der Waals surface area contributed by atoms with Crippen LogP contribution in [-0.2, 0) is 24.2 Å². The fourth-order valence-electron chi connectivity index (χ4n) is 2.88. The number of aromatic nitrogens is 3. The van der Waals surface area contributed by atoms with Gasteiger partial charge in [0.05, 0.1) is 0 Å². The van der Waals surface area contributed by atoms with Crippen molar-refractivity contribution in [3.05, 3.63) is 48.0 Å². The van der Waals surface area contributed by atoms with E-state index in [1.807, 2.05) is 15.6 Å². The molecule has 3 rings (SSSR count). The average molecular weight is 298 g/mol. The Balaban J connectivity index is 1.54. The number of nitrogens with zero attached hydrogens (tertiary/aromatic N) is 4. The van der Waals surface area contributed by atoms with Gasteiger partial charge in [0.15, 0.2) is 0 Å². The van der Waals surface area contributed by atoms with Gasteiger partial charge in [0.2, 0.25) is 5.91 Å². The zero-order chi connectivity index (χ0) is 15.2. The lowest BCUT2D eigenvalue weighted by Gasteiger charge is -2.26. The molecule has 1 saturated heterocycles. The minimum absolute atomic E-state index is 0.279. The highest BCUT2D eigenvalue weighted by Crippen LogP contribution is 2.11. The SMILES string of the molecule is O=C1CCCCN1CCc1ncnn1CCc1ccccc1. The summed E-state index contributed by atoms with van der Waals surface area (Å²) in [6, 6.07) is 10.4. The Morgan fingerprint density at radius 3 is 2.73 bits per heavy atom.